The third kappa shape index (κ3) is 3.13. The Morgan fingerprint density at radius 2 is 1.47 bits per heavy atom. The van der Waals surface area contributed by atoms with Crippen LogP contribution < -0.4 is 5.19 Å². The van der Waals surface area contributed by atoms with Gasteiger partial charge in [-0.15, -0.1) is 0 Å². The number of methoxy groups -OCH3 is 1. The van der Waals surface area contributed by atoms with Crippen LogP contribution in [-0.2, 0) is 18.0 Å². The lowest BCUT2D eigenvalue weighted by molar-refractivity contribution is 0.140. The first-order valence-corrected chi connectivity index (χ1v) is 6.76. The molecule has 0 amide bonds. The second kappa shape index (κ2) is 6.50. The Bertz CT molecular complexity index is 354. The molecule has 0 heterocycles. The van der Waals surface area contributed by atoms with Gasteiger partial charge in [0, 0.05) is 26.5 Å². The van der Waals surface area contributed by atoms with Crippen molar-refractivity contribution in [2.75, 3.05) is 28.4 Å². The molecule has 5 nitrogen and oxygen atoms in total. The molecule has 0 aliphatic carbocycles. The van der Waals surface area contributed by atoms with E-state index in [9.17, 15) is 0 Å². The van der Waals surface area contributed by atoms with E-state index < -0.39 is 8.80 Å². The Morgan fingerprint density at radius 1 is 0.941 bits per heavy atom. The van der Waals surface area contributed by atoms with Gasteiger partial charge in [-0.1, -0.05) is 12.1 Å². The lowest BCUT2D eigenvalue weighted by Gasteiger charge is -2.24. The van der Waals surface area contributed by atoms with Gasteiger partial charge in [-0.25, -0.2) is 4.99 Å². The predicted octanol–water partition coefficient (Wildman–Crippen LogP) is 1.08. The number of aliphatic imine (C=N–C) groups is 1. The summed E-state index contributed by atoms with van der Waals surface area (Å²) in [4.78, 5) is 4.07. The van der Waals surface area contributed by atoms with Gasteiger partial charge in [-0.2, -0.15) is 0 Å². The van der Waals surface area contributed by atoms with Crippen LogP contribution in [0.1, 0.15) is 0 Å². The molecule has 0 fully saturated rings. The minimum absolute atomic E-state index is 0.793. The van der Waals surface area contributed by atoms with Gasteiger partial charge in [0.2, 0.25) is 0 Å². The van der Waals surface area contributed by atoms with Crippen LogP contribution in [0.3, 0.4) is 0 Å². The summed E-state index contributed by atoms with van der Waals surface area (Å²) in [5, 5.41) is 0.890. The molecule has 0 aliphatic heterocycles. The number of hydrogen-bond donors (Lipinski definition) is 0. The first-order valence-electron chi connectivity index (χ1n) is 5.03. The zero-order chi connectivity index (χ0) is 12.7. The van der Waals surface area contributed by atoms with E-state index in [1.54, 1.807) is 28.4 Å². The second-order valence-corrected chi connectivity index (χ2v) is 6.10. The first-order chi connectivity index (χ1) is 8.22. The molecule has 94 valence electrons. The second-order valence-electron chi connectivity index (χ2n) is 3.19. The number of nitrogens with zero attached hydrogens (tertiary/aromatic N) is 1. The topological polar surface area (TPSA) is 49.3 Å². The van der Waals surface area contributed by atoms with Crippen molar-refractivity contribution in [1.29, 1.82) is 0 Å². The average Bonchev–Trinajstić information content (AvgIpc) is 2.40. The van der Waals surface area contributed by atoms with Crippen molar-refractivity contribution >= 4 is 26.1 Å². The molecule has 0 saturated heterocycles. The lowest BCUT2D eigenvalue weighted by Crippen LogP contribution is -2.54. The van der Waals surface area contributed by atoms with Gasteiger partial charge in [0.05, 0.1) is 12.8 Å². The van der Waals surface area contributed by atoms with Crippen LogP contribution in [-0.4, -0.2) is 43.6 Å². The van der Waals surface area contributed by atoms with E-state index >= 15 is 0 Å². The van der Waals surface area contributed by atoms with Crippen LogP contribution in [0.25, 0.3) is 0 Å². The fourth-order valence-corrected chi connectivity index (χ4v) is 3.25. The molecular formula is C11H17NO4Si. The van der Waals surface area contributed by atoms with Crippen LogP contribution >= 0.6 is 0 Å². The number of ether oxygens (including phenoxy) is 1. The van der Waals surface area contributed by atoms with Crippen LogP contribution in [0.2, 0.25) is 0 Å². The monoisotopic (exact) mass is 255 g/mol. The highest BCUT2D eigenvalue weighted by atomic mass is 28.4. The smallest absolute Gasteiger partial charge is 0.486 e. The summed E-state index contributed by atoms with van der Waals surface area (Å²) in [5.74, 6) is 0. The highest BCUT2D eigenvalue weighted by Crippen LogP contribution is 2.12. The molecular weight excluding hydrogens is 238 g/mol. The molecule has 0 radical (unpaired) electrons. The fourth-order valence-electron chi connectivity index (χ4n) is 1.47. The summed E-state index contributed by atoms with van der Waals surface area (Å²) < 4.78 is 20.9. The van der Waals surface area contributed by atoms with Gasteiger partial charge < -0.3 is 18.0 Å². The summed E-state index contributed by atoms with van der Waals surface area (Å²) >= 11 is 0. The van der Waals surface area contributed by atoms with Gasteiger partial charge in [-0.05, 0) is 12.1 Å². The minimum atomic E-state index is -2.73. The van der Waals surface area contributed by atoms with Crippen molar-refractivity contribution in [3.63, 3.8) is 0 Å². The van der Waals surface area contributed by atoms with Gasteiger partial charge in [0.15, 0.2) is 6.40 Å². The number of hydrogen-bond acceptors (Lipinski definition) is 5. The van der Waals surface area contributed by atoms with Crippen molar-refractivity contribution < 1.29 is 18.0 Å². The number of rotatable bonds is 6. The molecule has 1 rings (SSSR count). The molecule has 0 aliphatic rings. The van der Waals surface area contributed by atoms with Gasteiger partial charge in [0.1, 0.15) is 0 Å². The van der Waals surface area contributed by atoms with Crippen LogP contribution in [0, 0.1) is 0 Å². The molecule has 0 bridgehead atoms. The molecule has 0 atom stereocenters. The molecule has 1 aromatic carbocycles. The Kier molecular flexibility index (Phi) is 5.30. The predicted molar refractivity (Wildman–Crippen MR) is 68.0 cm³/mol. The van der Waals surface area contributed by atoms with Crippen molar-refractivity contribution in [2.45, 2.75) is 0 Å². The maximum Gasteiger partial charge on any atom is 0.536 e. The zero-order valence-electron chi connectivity index (χ0n) is 10.5. The quantitative estimate of drug-likeness (QED) is 0.433. The van der Waals surface area contributed by atoms with E-state index in [1.165, 1.54) is 6.40 Å². The Labute approximate surface area is 102 Å². The van der Waals surface area contributed by atoms with E-state index in [2.05, 4.69) is 4.99 Å². The van der Waals surface area contributed by atoms with Crippen molar-refractivity contribution in [3.05, 3.63) is 24.3 Å². The van der Waals surface area contributed by atoms with Gasteiger partial charge in [-0.3, -0.25) is 0 Å². The molecule has 0 aromatic heterocycles. The minimum Gasteiger partial charge on any atom is -0.486 e. The van der Waals surface area contributed by atoms with E-state index in [0.717, 1.165) is 10.9 Å². The zero-order valence-corrected chi connectivity index (χ0v) is 11.5. The SMILES string of the molecule is COC=Nc1ccc([Si](OC)(OC)OC)cc1. The van der Waals surface area contributed by atoms with Crippen molar-refractivity contribution in [3.8, 4) is 0 Å². The highest BCUT2D eigenvalue weighted by molar-refractivity contribution is 6.75. The van der Waals surface area contributed by atoms with Crippen LogP contribution in [0.15, 0.2) is 29.3 Å². The number of benzene rings is 1. The Morgan fingerprint density at radius 3 is 1.88 bits per heavy atom. The normalized spacial score (nSPS) is 12.0. The maximum atomic E-state index is 5.37. The third-order valence-electron chi connectivity index (χ3n) is 2.33. The first kappa shape index (κ1) is 13.9. The van der Waals surface area contributed by atoms with Crippen LogP contribution in [0.5, 0.6) is 0 Å². The standard InChI is InChI=1S/C11H17NO4Si/c1-13-9-12-10-5-7-11(8-6-10)17(14-2,15-3)16-4/h5-9H,1-4H3. The molecule has 6 heteroatoms. The van der Waals surface area contributed by atoms with Crippen molar-refractivity contribution in [2.24, 2.45) is 4.99 Å². The highest BCUT2D eigenvalue weighted by Gasteiger charge is 2.40. The van der Waals surface area contributed by atoms with Gasteiger partial charge in [0.25, 0.3) is 0 Å². The molecule has 0 N–H and O–H groups in total. The molecule has 0 saturated carbocycles. The van der Waals surface area contributed by atoms with E-state index in [-0.39, 0.29) is 0 Å². The fraction of sp³-hybridized carbons (Fsp3) is 0.364. The van der Waals surface area contributed by atoms with E-state index in [4.69, 9.17) is 18.0 Å². The molecule has 0 unspecified atom stereocenters. The van der Waals surface area contributed by atoms with Crippen LogP contribution in [0.4, 0.5) is 5.69 Å². The maximum absolute atomic E-state index is 5.37. The average molecular weight is 255 g/mol. The molecule has 17 heavy (non-hydrogen) atoms. The summed E-state index contributed by atoms with van der Waals surface area (Å²) in [7, 11) is 3.56. The van der Waals surface area contributed by atoms with Crippen molar-refractivity contribution in [1.82, 2.24) is 0 Å². The van der Waals surface area contributed by atoms with E-state index in [0.29, 0.717) is 0 Å². The summed E-state index contributed by atoms with van der Waals surface area (Å²) in [6.45, 7) is 0. The van der Waals surface area contributed by atoms with Gasteiger partial charge >= 0.3 is 8.80 Å². The largest absolute Gasteiger partial charge is 0.536 e. The summed E-state index contributed by atoms with van der Waals surface area (Å²) in [6, 6.07) is 7.46. The lowest BCUT2D eigenvalue weighted by atomic mass is 10.3. The van der Waals surface area contributed by atoms with E-state index in [1.807, 2.05) is 24.3 Å². The summed E-state index contributed by atoms with van der Waals surface area (Å²) in [5.41, 5.74) is 0.793. The Hall–Kier alpha value is -1.21. The molecule has 0 spiro atoms. The third-order valence-corrected chi connectivity index (χ3v) is 4.99. The molecule has 1 aromatic rings. The summed E-state index contributed by atoms with van der Waals surface area (Å²) in [6.07, 6.45) is 1.38. The Balaban J connectivity index is 2.96.